The molecule has 0 spiro atoms. The Morgan fingerprint density at radius 1 is 0.293 bits per heavy atom. The molecule has 4 heterocycles. The van der Waals surface area contributed by atoms with E-state index in [2.05, 4.69) is 248 Å². The van der Waals surface area contributed by atoms with E-state index in [0.717, 1.165) is 62.7 Å². The summed E-state index contributed by atoms with van der Waals surface area (Å²) in [6.07, 6.45) is 14.6. The van der Waals surface area contributed by atoms with Crippen LogP contribution < -0.4 is 0 Å². The molecule has 0 radical (unpaired) electrons. The molecule has 0 aliphatic heterocycles. The van der Waals surface area contributed by atoms with Gasteiger partial charge in [0.05, 0.1) is 33.4 Å². The Hall–Kier alpha value is -9.92. The number of para-hydroxylation sites is 4. The van der Waals surface area contributed by atoms with E-state index in [0.29, 0.717) is 0 Å². The molecule has 0 amide bonds. The normalized spacial score (nSPS) is 12.8. The molecule has 10 aromatic carbocycles. The maximum atomic E-state index is 4.41. The van der Waals surface area contributed by atoms with Crippen molar-refractivity contribution in [2.24, 2.45) is 0 Å². The molecule has 8 nitrogen and oxygen atoms in total. The summed E-state index contributed by atoms with van der Waals surface area (Å²) in [6, 6.07) is 80.9. The van der Waals surface area contributed by atoms with E-state index in [1.807, 2.05) is 4.68 Å². The van der Waals surface area contributed by atoms with Gasteiger partial charge < -0.3 is 9.13 Å². The minimum atomic E-state index is 0. The summed E-state index contributed by atoms with van der Waals surface area (Å²) in [4.78, 5) is 8.25. The van der Waals surface area contributed by atoms with Gasteiger partial charge in [-0.1, -0.05) is 173 Å². The zero-order valence-electron chi connectivity index (χ0n) is 44.3. The number of nitrogens with zero attached hydrogens (tertiary/aromatic N) is 8. The SMILES string of the molecule is C.C.c1ccc2c(c1)c1ccccc1n2-c1cc2ccc1CCc1ccc(c(-n3cncn3)c1)CC2.c1ccc2c(c1)c1ccccc1n2-c1ccc(-c2cc3ccc2CCc2ccc(c(-c4ccc(-n5cncn5)cc4)c2)CC3)cc1. The van der Waals surface area contributed by atoms with Crippen molar-refractivity contribution in [1.29, 1.82) is 0 Å². The molecule has 4 aromatic heterocycles. The number of benzene rings is 10. The van der Waals surface area contributed by atoms with E-state index in [1.54, 1.807) is 30.0 Å². The van der Waals surface area contributed by atoms with E-state index in [1.165, 1.54) is 122 Å². The fourth-order valence-corrected chi connectivity index (χ4v) is 12.7. The van der Waals surface area contributed by atoms with Crippen molar-refractivity contribution in [1.82, 2.24) is 38.7 Å². The minimum Gasteiger partial charge on any atom is -0.309 e. The number of rotatable bonds is 6. The predicted molar refractivity (Wildman–Crippen MR) is 338 cm³/mol. The lowest BCUT2D eigenvalue weighted by Crippen LogP contribution is -2.07. The Labute approximate surface area is 479 Å². The first-order chi connectivity index (χ1) is 39.6. The van der Waals surface area contributed by atoms with Gasteiger partial charge in [-0.25, -0.2) is 19.3 Å². The molecule has 14 aromatic rings. The fraction of sp³-hybridized carbons (Fsp3) is 0.135. The monoisotopic (exact) mass is 1060 g/mol. The Morgan fingerprint density at radius 3 is 1.11 bits per heavy atom. The maximum Gasteiger partial charge on any atom is 0.138 e. The number of hydrogen-bond donors (Lipinski definition) is 0. The van der Waals surface area contributed by atoms with Crippen LogP contribution in [0.25, 0.3) is 88.6 Å². The van der Waals surface area contributed by atoms with Crippen molar-refractivity contribution in [3.8, 4) is 45.0 Å². The smallest absolute Gasteiger partial charge is 0.138 e. The van der Waals surface area contributed by atoms with Crippen LogP contribution in [0.15, 0.2) is 244 Å². The van der Waals surface area contributed by atoms with Crippen molar-refractivity contribution in [3.63, 3.8) is 0 Å². The van der Waals surface area contributed by atoms with Gasteiger partial charge in [0, 0.05) is 32.9 Å². The molecular formula is C74H64N8. The van der Waals surface area contributed by atoms with Crippen LogP contribution >= 0.6 is 0 Å². The third-order valence-corrected chi connectivity index (χ3v) is 16.7. The second-order valence-corrected chi connectivity index (χ2v) is 21.4. The van der Waals surface area contributed by atoms with Crippen molar-refractivity contribution in [3.05, 3.63) is 288 Å². The molecule has 82 heavy (non-hydrogen) atoms. The van der Waals surface area contributed by atoms with Gasteiger partial charge in [-0.3, -0.25) is 0 Å². The topological polar surface area (TPSA) is 71.3 Å². The first-order valence-corrected chi connectivity index (χ1v) is 28.0. The average Bonchev–Trinajstić information content (AvgIpc) is 4.50. The van der Waals surface area contributed by atoms with Crippen LogP contribution in [-0.4, -0.2) is 38.7 Å². The quantitative estimate of drug-likeness (QED) is 0.166. The molecule has 0 fully saturated rings. The Bertz CT molecular complexity index is 4470. The standard InChI is InChI=1S/C42H32N4.C30H24N4.2CH4/c1-3-7-41-37(5-1)38-6-2-4-8-42(38)46(41)36-23-19-34(20-24-36)40-26-30-10-14-31-13-9-29(11-15-32(40)16-12-30)25-39(31)33-17-21-35(22-18-33)45-28-43-27-44-45;1-3-7-27-25(5-1)26-6-2-4-8-28(26)34(27)30-18-22-10-14-23-13-9-21(11-15-24(30)16-12-22)17-29(23)33-20-31-19-32-33;;/h1-9,12-13,16-28H,10-11,14-15H2;1-9,12-13,16-20H,10-11,14-15H2;2*1H4. The van der Waals surface area contributed by atoms with Crippen molar-refractivity contribution in [2.45, 2.75) is 66.2 Å². The van der Waals surface area contributed by atoms with Gasteiger partial charge in [-0.05, 0) is 179 Å². The highest BCUT2D eigenvalue weighted by Crippen LogP contribution is 2.37. The van der Waals surface area contributed by atoms with E-state index < -0.39 is 0 Å². The first kappa shape index (κ1) is 51.5. The molecule has 0 saturated heterocycles. The lowest BCUT2D eigenvalue weighted by Gasteiger charge is -2.18. The molecule has 8 heteroatoms. The summed E-state index contributed by atoms with van der Waals surface area (Å²) < 4.78 is 8.56. The first-order valence-electron chi connectivity index (χ1n) is 28.0. The summed E-state index contributed by atoms with van der Waals surface area (Å²) in [5, 5.41) is 13.9. The van der Waals surface area contributed by atoms with Gasteiger partial charge in [0.1, 0.15) is 25.3 Å². The van der Waals surface area contributed by atoms with E-state index >= 15 is 0 Å². The third-order valence-electron chi connectivity index (χ3n) is 16.7. The molecule has 8 aliphatic carbocycles. The fourth-order valence-electron chi connectivity index (χ4n) is 12.7. The molecule has 0 unspecified atom stereocenters. The van der Waals surface area contributed by atoms with E-state index in [-0.39, 0.29) is 14.9 Å². The highest BCUT2D eigenvalue weighted by molar-refractivity contribution is 6.10. The number of hydrogen-bond acceptors (Lipinski definition) is 4. The minimum absolute atomic E-state index is 0. The molecular weight excluding hydrogens is 1000 g/mol. The van der Waals surface area contributed by atoms with Crippen molar-refractivity contribution < 1.29 is 0 Å². The van der Waals surface area contributed by atoms with Crippen molar-refractivity contribution in [2.75, 3.05) is 0 Å². The second kappa shape index (κ2) is 22.0. The summed E-state index contributed by atoms with van der Waals surface area (Å²) in [5.41, 5.74) is 25.8. The van der Waals surface area contributed by atoms with Gasteiger partial charge in [-0.15, -0.1) is 0 Å². The van der Waals surface area contributed by atoms with Crippen LogP contribution in [0.1, 0.15) is 59.4 Å². The van der Waals surface area contributed by atoms with Gasteiger partial charge in [0.15, 0.2) is 0 Å². The molecule has 22 rings (SSSR count). The second-order valence-electron chi connectivity index (χ2n) is 21.4. The largest absolute Gasteiger partial charge is 0.309 e. The Balaban J connectivity index is 0.000000157. The molecule has 0 N–H and O–H groups in total. The molecule has 0 saturated carbocycles. The average molecular weight is 1070 g/mol. The van der Waals surface area contributed by atoms with Crippen LogP contribution in [0.4, 0.5) is 0 Å². The maximum absolute atomic E-state index is 4.41. The van der Waals surface area contributed by atoms with Gasteiger partial charge in [0.25, 0.3) is 0 Å². The van der Waals surface area contributed by atoms with Crippen LogP contribution in [0.2, 0.25) is 0 Å². The molecule has 400 valence electrons. The van der Waals surface area contributed by atoms with Crippen LogP contribution in [0, 0.1) is 0 Å². The van der Waals surface area contributed by atoms with Gasteiger partial charge in [0.2, 0.25) is 0 Å². The van der Waals surface area contributed by atoms with Gasteiger partial charge >= 0.3 is 0 Å². The Kier molecular flexibility index (Phi) is 13.8. The van der Waals surface area contributed by atoms with E-state index in [4.69, 9.17) is 0 Å². The number of aryl methyl sites for hydroxylation is 8. The number of fused-ring (bicyclic) bond motifs is 6. The van der Waals surface area contributed by atoms with Crippen molar-refractivity contribution >= 4 is 43.6 Å². The lowest BCUT2D eigenvalue weighted by molar-refractivity contribution is 0.835. The Morgan fingerprint density at radius 2 is 0.659 bits per heavy atom. The van der Waals surface area contributed by atoms with E-state index in [9.17, 15) is 0 Å². The highest BCUT2D eigenvalue weighted by Gasteiger charge is 2.19. The zero-order valence-corrected chi connectivity index (χ0v) is 44.3. The zero-order chi connectivity index (χ0) is 52.9. The third kappa shape index (κ3) is 9.45. The summed E-state index contributed by atoms with van der Waals surface area (Å²) >= 11 is 0. The van der Waals surface area contributed by atoms with Crippen LogP contribution in [0.5, 0.6) is 0 Å². The number of aromatic nitrogens is 8. The predicted octanol–water partition coefficient (Wildman–Crippen LogP) is 17.1. The lowest BCUT2D eigenvalue weighted by atomic mass is 9.87. The highest BCUT2D eigenvalue weighted by atomic mass is 15.3. The van der Waals surface area contributed by atoms with Crippen LogP contribution in [-0.2, 0) is 51.4 Å². The summed E-state index contributed by atoms with van der Waals surface area (Å²) in [5.74, 6) is 0. The molecule has 0 atom stereocenters. The molecule has 8 bridgehead atoms. The summed E-state index contributed by atoms with van der Waals surface area (Å²) in [6.45, 7) is 0. The van der Waals surface area contributed by atoms with Crippen LogP contribution in [0.3, 0.4) is 0 Å². The van der Waals surface area contributed by atoms with Gasteiger partial charge in [-0.2, -0.15) is 10.2 Å². The summed E-state index contributed by atoms with van der Waals surface area (Å²) in [7, 11) is 0. The molecule has 8 aliphatic rings.